The molecule has 0 aromatic heterocycles. The number of carbonyl (C=O) groups is 2. The SMILES string of the molecule is CCCCCC(C)N(Cc1ccc(CCC(C)C)cc1)C(=Nc1ccc(N(C)C)cc1)C1C(=O)OC(C)(C)OC1=O. The molecule has 0 aliphatic carbocycles. The standard InChI is InChI=1S/C34H49N3O4/c1-9-10-11-12-25(4)37(23-27-17-15-26(16-18-27)14-13-24(2)3)31(30-32(38)40-34(5,6)41-33(30)39)35-28-19-21-29(22-20-28)36(7)8/h15-22,24-25,30H,9-14,23H2,1-8H3. The summed E-state index contributed by atoms with van der Waals surface area (Å²) in [5.74, 6) is -2.84. The molecule has 1 fully saturated rings. The van der Waals surface area contributed by atoms with Crippen molar-refractivity contribution in [2.24, 2.45) is 16.8 Å². The zero-order valence-corrected chi connectivity index (χ0v) is 26.3. The number of rotatable bonds is 13. The molecule has 2 aromatic carbocycles. The van der Waals surface area contributed by atoms with Gasteiger partial charge in [0.1, 0.15) is 5.84 Å². The second kappa shape index (κ2) is 14.5. The lowest BCUT2D eigenvalue weighted by molar-refractivity contribution is -0.236. The summed E-state index contributed by atoms with van der Waals surface area (Å²) in [5, 5.41) is 0. The van der Waals surface area contributed by atoms with Crippen LogP contribution in [-0.4, -0.2) is 48.6 Å². The number of unbranched alkanes of at least 4 members (excludes halogenated alkanes) is 2. The lowest BCUT2D eigenvalue weighted by atomic mass is 9.99. The summed E-state index contributed by atoms with van der Waals surface area (Å²) in [6.07, 6.45) is 6.36. The van der Waals surface area contributed by atoms with E-state index in [1.54, 1.807) is 13.8 Å². The monoisotopic (exact) mass is 563 g/mol. The van der Waals surface area contributed by atoms with Crippen molar-refractivity contribution >= 4 is 29.1 Å². The van der Waals surface area contributed by atoms with Crippen LogP contribution in [0, 0.1) is 11.8 Å². The Morgan fingerprint density at radius 1 is 0.878 bits per heavy atom. The second-order valence-corrected chi connectivity index (χ2v) is 12.3. The molecule has 1 aliphatic heterocycles. The number of aryl methyl sites for hydroxylation is 1. The number of esters is 2. The van der Waals surface area contributed by atoms with E-state index in [1.165, 1.54) is 5.56 Å². The van der Waals surface area contributed by atoms with Crippen molar-refractivity contribution in [2.75, 3.05) is 19.0 Å². The van der Waals surface area contributed by atoms with Crippen molar-refractivity contribution in [3.63, 3.8) is 0 Å². The quantitative estimate of drug-likeness (QED) is 0.0838. The predicted molar refractivity (Wildman–Crippen MR) is 166 cm³/mol. The van der Waals surface area contributed by atoms with Gasteiger partial charge in [-0.15, -0.1) is 0 Å². The molecule has 2 aromatic rings. The summed E-state index contributed by atoms with van der Waals surface area (Å²) >= 11 is 0. The lowest BCUT2D eigenvalue weighted by Crippen LogP contribution is -2.54. The molecule has 0 bridgehead atoms. The minimum Gasteiger partial charge on any atom is -0.422 e. The Hall–Kier alpha value is -3.35. The number of hydrogen-bond donors (Lipinski definition) is 0. The van der Waals surface area contributed by atoms with E-state index in [0.717, 1.165) is 49.8 Å². The van der Waals surface area contributed by atoms with E-state index >= 15 is 0 Å². The maximum atomic E-state index is 13.4. The van der Waals surface area contributed by atoms with Gasteiger partial charge in [-0.3, -0.25) is 9.59 Å². The van der Waals surface area contributed by atoms with Gasteiger partial charge < -0.3 is 19.3 Å². The van der Waals surface area contributed by atoms with E-state index in [-0.39, 0.29) is 6.04 Å². The smallest absolute Gasteiger partial charge is 0.331 e. The van der Waals surface area contributed by atoms with E-state index in [1.807, 2.05) is 43.3 Å². The Labute approximate surface area is 246 Å². The van der Waals surface area contributed by atoms with Gasteiger partial charge in [-0.2, -0.15) is 0 Å². The van der Waals surface area contributed by atoms with Crippen molar-refractivity contribution in [3.05, 3.63) is 59.7 Å². The van der Waals surface area contributed by atoms with Gasteiger partial charge in [0.05, 0.1) is 5.69 Å². The van der Waals surface area contributed by atoms with Crippen LogP contribution in [0.4, 0.5) is 11.4 Å². The van der Waals surface area contributed by atoms with Gasteiger partial charge in [-0.1, -0.05) is 64.3 Å². The summed E-state index contributed by atoms with van der Waals surface area (Å²) in [7, 11) is 3.96. The molecule has 0 amide bonds. The molecular formula is C34H49N3O4. The average Bonchev–Trinajstić information content (AvgIpc) is 2.90. The maximum Gasteiger partial charge on any atom is 0.331 e. The summed E-state index contributed by atoms with van der Waals surface area (Å²) in [4.78, 5) is 35.8. The first-order valence-corrected chi connectivity index (χ1v) is 15.1. The van der Waals surface area contributed by atoms with E-state index < -0.39 is 23.6 Å². The fourth-order valence-electron chi connectivity index (χ4n) is 4.95. The Balaban J connectivity index is 2.05. The highest BCUT2D eigenvalue weighted by Gasteiger charge is 2.48. The molecule has 1 saturated heterocycles. The first-order chi connectivity index (χ1) is 19.4. The Bertz CT molecular complexity index is 1150. The molecule has 1 aliphatic rings. The van der Waals surface area contributed by atoms with E-state index in [2.05, 4.69) is 56.9 Å². The minimum atomic E-state index is -1.31. The van der Waals surface area contributed by atoms with Gasteiger partial charge >= 0.3 is 11.9 Å². The van der Waals surface area contributed by atoms with Gasteiger partial charge in [0, 0.05) is 46.2 Å². The average molecular weight is 564 g/mol. The van der Waals surface area contributed by atoms with Crippen molar-refractivity contribution in [1.82, 2.24) is 4.90 Å². The van der Waals surface area contributed by atoms with Crippen LogP contribution in [0.2, 0.25) is 0 Å². The third kappa shape index (κ3) is 9.34. The van der Waals surface area contributed by atoms with Crippen LogP contribution < -0.4 is 4.90 Å². The van der Waals surface area contributed by atoms with Gasteiger partial charge in [0.15, 0.2) is 0 Å². The Morgan fingerprint density at radius 3 is 2.00 bits per heavy atom. The van der Waals surface area contributed by atoms with Gasteiger partial charge in [0.25, 0.3) is 5.79 Å². The molecule has 1 heterocycles. The van der Waals surface area contributed by atoms with Gasteiger partial charge in [-0.25, -0.2) is 4.99 Å². The number of cyclic esters (lactones) is 2. The Kier molecular flexibility index (Phi) is 11.4. The molecule has 0 saturated carbocycles. The molecule has 0 radical (unpaired) electrons. The molecule has 1 unspecified atom stereocenters. The summed E-state index contributed by atoms with van der Waals surface area (Å²) in [6.45, 7) is 12.5. The van der Waals surface area contributed by atoms with E-state index in [9.17, 15) is 9.59 Å². The fourth-order valence-corrected chi connectivity index (χ4v) is 4.95. The van der Waals surface area contributed by atoms with Crippen LogP contribution in [0.15, 0.2) is 53.5 Å². The third-order valence-corrected chi connectivity index (χ3v) is 7.47. The molecule has 224 valence electrons. The van der Waals surface area contributed by atoms with Crippen molar-refractivity contribution in [1.29, 1.82) is 0 Å². The third-order valence-electron chi connectivity index (χ3n) is 7.47. The van der Waals surface area contributed by atoms with Crippen LogP contribution in [0.5, 0.6) is 0 Å². The topological polar surface area (TPSA) is 71.4 Å². The highest BCUT2D eigenvalue weighted by Crippen LogP contribution is 2.30. The van der Waals surface area contributed by atoms with Crippen LogP contribution in [0.1, 0.15) is 84.8 Å². The molecule has 0 N–H and O–H groups in total. The van der Waals surface area contributed by atoms with Crippen molar-refractivity contribution in [2.45, 2.75) is 98.4 Å². The van der Waals surface area contributed by atoms with Crippen LogP contribution in [0.25, 0.3) is 0 Å². The maximum absolute atomic E-state index is 13.4. The van der Waals surface area contributed by atoms with Gasteiger partial charge in [0.2, 0.25) is 5.92 Å². The second-order valence-electron chi connectivity index (χ2n) is 12.3. The molecule has 3 rings (SSSR count). The number of ether oxygens (including phenoxy) is 2. The minimum absolute atomic E-state index is 0.0255. The summed E-state index contributed by atoms with van der Waals surface area (Å²) in [5.41, 5.74) is 4.09. The van der Waals surface area contributed by atoms with Crippen molar-refractivity contribution < 1.29 is 19.1 Å². The molecular weight excluding hydrogens is 514 g/mol. The number of aliphatic imine (C=N–C) groups is 1. The molecule has 41 heavy (non-hydrogen) atoms. The Morgan fingerprint density at radius 2 is 1.46 bits per heavy atom. The number of anilines is 1. The number of amidine groups is 1. The molecule has 7 nitrogen and oxygen atoms in total. The first-order valence-electron chi connectivity index (χ1n) is 15.1. The zero-order chi connectivity index (χ0) is 30.2. The summed E-state index contributed by atoms with van der Waals surface area (Å²) in [6, 6.07) is 16.4. The highest BCUT2D eigenvalue weighted by molar-refractivity contribution is 6.17. The van der Waals surface area contributed by atoms with E-state index in [0.29, 0.717) is 24.0 Å². The molecule has 1 atom stereocenters. The first kappa shape index (κ1) is 32.2. The number of hydrogen-bond acceptors (Lipinski definition) is 6. The van der Waals surface area contributed by atoms with Gasteiger partial charge in [-0.05, 0) is 67.5 Å². The number of nitrogens with zero attached hydrogens (tertiary/aromatic N) is 3. The van der Waals surface area contributed by atoms with Crippen LogP contribution in [0.3, 0.4) is 0 Å². The predicted octanol–water partition coefficient (Wildman–Crippen LogP) is 7.29. The van der Waals surface area contributed by atoms with Crippen molar-refractivity contribution in [3.8, 4) is 0 Å². The number of benzene rings is 2. The molecule has 0 spiro atoms. The highest BCUT2D eigenvalue weighted by atomic mass is 16.7. The van der Waals surface area contributed by atoms with Crippen LogP contribution in [-0.2, 0) is 32.0 Å². The van der Waals surface area contributed by atoms with Crippen LogP contribution >= 0.6 is 0 Å². The normalized spacial score (nSPS) is 16.4. The summed E-state index contributed by atoms with van der Waals surface area (Å²) < 4.78 is 11.1. The lowest BCUT2D eigenvalue weighted by Gasteiger charge is -2.38. The zero-order valence-electron chi connectivity index (χ0n) is 26.3. The number of carbonyl (C=O) groups excluding carboxylic acids is 2. The fraction of sp³-hybridized carbons (Fsp3) is 0.559. The van der Waals surface area contributed by atoms with E-state index in [4.69, 9.17) is 14.5 Å². The largest absolute Gasteiger partial charge is 0.422 e. The molecule has 7 heteroatoms.